The fraction of sp³-hybridized carbons (Fsp3) is 0.812. The van der Waals surface area contributed by atoms with Gasteiger partial charge < -0.3 is 5.32 Å². The lowest BCUT2D eigenvalue weighted by Gasteiger charge is -2.49. The van der Waals surface area contributed by atoms with E-state index in [1.54, 1.807) is 11.3 Å². The first kappa shape index (κ1) is 15.9. The van der Waals surface area contributed by atoms with Crippen molar-refractivity contribution in [1.29, 1.82) is 0 Å². The zero-order valence-electron chi connectivity index (χ0n) is 13.6. The van der Waals surface area contributed by atoms with Gasteiger partial charge in [0.25, 0.3) is 0 Å². The van der Waals surface area contributed by atoms with Crippen molar-refractivity contribution in [2.45, 2.75) is 65.6 Å². The molecule has 0 radical (unpaired) electrons. The first-order chi connectivity index (χ1) is 9.48. The molecule has 1 saturated heterocycles. The number of thiazole rings is 1. The van der Waals surface area contributed by atoms with Gasteiger partial charge in [0.15, 0.2) is 0 Å². The predicted octanol–water partition coefficient (Wildman–Crippen LogP) is 3.44. The smallest absolute Gasteiger partial charge is 0.107 e. The zero-order valence-corrected chi connectivity index (χ0v) is 14.4. The summed E-state index contributed by atoms with van der Waals surface area (Å²) in [5, 5.41) is 7.19. The molecule has 3 unspecified atom stereocenters. The van der Waals surface area contributed by atoms with Crippen molar-refractivity contribution in [2.24, 2.45) is 5.92 Å². The molecule has 0 aromatic carbocycles. The summed E-state index contributed by atoms with van der Waals surface area (Å²) in [7, 11) is 0. The maximum atomic E-state index is 4.65. The Balaban J connectivity index is 2.11. The number of piperazine rings is 1. The summed E-state index contributed by atoms with van der Waals surface area (Å²) in [5.74, 6) is 0.733. The third-order valence-electron chi connectivity index (χ3n) is 5.01. The fourth-order valence-electron chi connectivity index (χ4n) is 2.89. The Hall–Kier alpha value is -0.450. The SMILES string of the molecule is CCC(C)C1CN(Cc2nc(C)cs2)C(C)(CC)CN1. The van der Waals surface area contributed by atoms with Crippen LogP contribution in [-0.2, 0) is 6.54 Å². The Morgan fingerprint density at radius 1 is 1.55 bits per heavy atom. The molecule has 2 rings (SSSR count). The molecule has 1 N–H and O–H groups in total. The Labute approximate surface area is 127 Å². The number of rotatable bonds is 5. The molecule has 1 aromatic rings. The van der Waals surface area contributed by atoms with Crippen molar-refractivity contribution in [1.82, 2.24) is 15.2 Å². The van der Waals surface area contributed by atoms with E-state index in [1.165, 1.54) is 17.8 Å². The van der Waals surface area contributed by atoms with Crippen molar-refractivity contribution in [3.05, 3.63) is 16.1 Å². The molecular weight excluding hydrogens is 266 g/mol. The van der Waals surface area contributed by atoms with Gasteiger partial charge in [-0.2, -0.15) is 0 Å². The number of nitrogens with zero attached hydrogens (tertiary/aromatic N) is 2. The van der Waals surface area contributed by atoms with Gasteiger partial charge in [-0.05, 0) is 26.2 Å². The fourth-order valence-corrected chi connectivity index (χ4v) is 3.68. The van der Waals surface area contributed by atoms with E-state index in [0.29, 0.717) is 6.04 Å². The highest BCUT2D eigenvalue weighted by Crippen LogP contribution is 2.28. The molecule has 4 heteroatoms. The average Bonchev–Trinajstić information content (AvgIpc) is 2.86. The van der Waals surface area contributed by atoms with E-state index in [9.17, 15) is 0 Å². The predicted molar refractivity (Wildman–Crippen MR) is 87.2 cm³/mol. The van der Waals surface area contributed by atoms with Gasteiger partial charge in [-0.1, -0.05) is 27.2 Å². The molecule has 0 saturated carbocycles. The molecule has 20 heavy (non-hydrogen) atoms. The lowest BCUT2D eigenvalue weighted by atomic mass is 9.88. The Bertz CT molecular complexity index is 431. The normalized spacial score (nSPS) is 29.6. The van der Waals surface area contributed by atoms with Crippen LogP contribution in [0.2, 0.25) is 0 Å². The van der Waals surface area contributed by atoms with Crippen LogP contribution in [0.3, 0.4) is 0 Å². The van der Waals surface area contributed by atoms with Gasteiger partial charge in [-0.15, -0.1) is 11.3 Å². The molecular formula is C16H29N3S. The number of aryl methyl sites for hydroxylation is 1. The number of aromatic nitrogens is 1. The van der Waals surface area contributed by atoms with Gasteiger partial charge in [0.05, 0.1) is 6.54 Å². The summed E-state index contributed by atoms with van der Waals surface area (Å²) >= 11 is 1.80. The number of hydrogen-bond acceptors (Lipinski definition) is 4. The molecule has 0 bridgehead atoms. The van der Waals surface area contributed by atoms with Crippen LogP contribution >= 0.6 is 11.3 Å². The Morgan fingerprint density at radius 2 is 2.30 bits per heavy atom. The third-order valence-corrected chi connectivity index (χ3v) is 5.96. The van der Waals surface area contributed by atoms with Crippen LogP contribution in [0.15, 0.2) is 5.38 Å². The molecule has 3 atom stereocenters. The van der Waals surface area contributed by atoms with Crippen LogP contribution in [-0.4, -0.2) is 34.6 Å². The monoisotopic (exact) mass is 295 g/mol. The highest BCUT2D eigenvalue weighted by atomic mass is 32.1. The molecule has 1 aliphatic rings. The summed E-state index contributed by atoms with van der Waals surface area (Å²) < 4.78 is 0. The molecule has 1 fully saturated rings. The second-order valence-electron chi connectivity index (χ2n) is 6.49. The van der Waals surface area contributed by atoms with Crippen LogP contribution < -0.4 is 5.32 Å². The summed E-state index contributed by atoms with van der Waals surface area (Å²) in [6.07, 6.45) is 2.42. The van der Waals surface area contributed by atoms with Gasteiger partial charge in [0, 0.05) is 35.7 Å². The standard InChI is InChI=1S/C16H29N3S/c1-6-12(3)14-8-19(16(5,7-2)11-17-14)9-15-18-13(4)10-20-15/h10,12,14,17H,6-9,11H2,1-5H3. The molecule has 0 amide bonds. The van der Waals surface area contributed by atoms with E-state index >= 15 is 0 Å². The van der Waals surface area contributed by atoms with E-state index in [2.05, 4.69) is 55.2 Å². The minimum absolute atomic E-state index is 0.254. The summed E-state index contributed by atoms with van der Waals surface area (Å²) in [4.78, 5) is 7.30. The second kappa shape index (κ2) is 6.54. The maximum Gasteiger partial charge on any atom is 0.107 e. The maximum absolute atomic E-state index is 4.65. The van der Waals surface area contributed by atoms with E-state index in [0.717, 1.165) is 31.2 Å². The van der Waals surface area contributed by atoms with E-state index in [1.807, 2.05) is 0 Å². The van der Waals surface area contributed by atoms with E-state index < -0.39 is 0 Å². The van der Waals surface area contributed by atoms with Crippen molar-refractivity contribution >= 4 is 11.3 Å². The lowest BCUT2D eigenvalue weighted by Crippen LogP contribution is -2.63. The largest absolute Gasteiger partial charge is 0.311 e. The van der Waals surface area contributed by atoms with Crippen molar-refractivity contribution in [2.75, 3.05) is 13.1 Å². The second-order valence-corrected chi connectivity index (χ2v) is 7.43. The molecule has 2 heterocycles. The summed E-state index contributed by atoms with van der Waals surface area (Å²) in [6.45, 7) is 14.6. The minimum atomic E-state index is 0.254. The quantitative estimate of drug-likeness (QED) is 0.902. The zero-order chi connectivity index (χ0) is 14.8. The molecule has 0 aliphatic carbocycles. The van der Waals surface area contributed by atoms with Gasteiger partial charge in [-0.25, -0.2) is 4.98 Å². The Morgan fingerprint density at radius 3 is 2.85 bits per heavy atom. The van der Waals surface area contributed by atoms with Gasteiger partial charge in [-0.3, -0.25) is 4.90 Å². The summed E-state index contributed by atoms with van der Waals surface area (Å²) in [6, 6.07) is 0.612. The van der Waals surface area contributed by atoms with Crippen molar-refractivity contribution in [3.8, 4) is 0 Å². The van der Waals surface area contributed by atoms with Crippen molar-refractivity contribution < 1.29 is 0 Å². The lowest BCUT2D eigenvalue weighted by molar-refractivity contribution is 0.0293. The molecule has 114 valence electrons. The Kier molecular flexibility index (Phi) is 5.21. The van der Waals surface area contributed by atoms with Crippen LogP contribution in [0.1, 0.15) is 51.2 Å². The topological polar surface area (TPSA) is 28.2 Å². The van der Waals surface area contributed by atoms with Crippen molar-refractivity contribution in [3.63, 3.8) is 0 Å². The van der Waals surface area contributed by atoms with Gasteiger partial charge >= 0.3 is 0 Å². The highest BCUT2D eigenvalue weighted by Gasteiger charge is 2.37. The van der Waals surface area contributed by atoms with E-state index in [-0.39, 0.29) is 5.54 Å². The third kappa shape index (κ3) is 3.41. The first-order valence-electron chi connectivity index (χ1n) is 7.88. The first-order valence-corrected chi connectivity index (χ1v) is 8.76. The van der Waals surface area contributed by atoms with Gasteiger partial charge in [0.2, 0.25) is 0 Å². The van der Waals surface area contributed by atoms with Gasteiger partial charge in [0.1, 0.15) is 5.01 Å². The van der Waals surface area contributed by atoms with Crippen LogP contribution in [0.4, 0.5) is 0 Å². The highest BCUT2D eigenvalue weighted by molar-refractivity contribution is 7.09. The average molecular weight is 295 g/mol. The minimum Gasteiger partial charge on any atom is -0.311 e. The number of hydrogen-bond donors (Lipinski definition) is 1. The number of nitrogens with one attached hydrogen (secondary N) is 1. The molecule has 3 nitrogen and oxygen atoms in total. The molecule has 1 aromatic heterocycles. The van der Waals surface area contributed by atoms with Crippen LogP contribution in [0, 0.1) is 12.8 Å². The van der Waals surface area contributed by atoms with Crippen LogP contribution in [0.5, 0.6) is 0 Å². The van der Waals surface area contributed by atoms with Crippen LogP contribution in [0.25, 0.3) is 0 Å². The summed E-state index contributed by atoms with van der Waals surface area (Å²) in [5.41, 5.74) is 1.40. The molecule has 0 spiro atoms. The molecule has 1 aliphatic heterocycles. The van der Waals surface area contributed by atoms with E-state index in [4.69, 9.17) is 0 Å².